The Morgan fingerprint density at radius 1 is 1.65 bits per heavy atom. The molecule has 1 aromatic rings. The maximum atomic E-state index is 11.6. The van der Waals surface area contributed by atoms with Crippen molar-refractivity contribution < 1.29 is 9.90 Å². The number of aliphatic hydroxyl groups is 1. The molecular weight excluding hydrogens is 218 g/mol. The monoisotopic (exact) mass is 231 g/mol. The number of aliphatic hydroxyl groups excluding tert-OH is 1. The number of aromatic nitrogens is 1. The van der Waals surface area contributed by atoms with E-state index in [-0.39, 0.29) is 18.1 Å². The van der Waals surface area contributed by atoms with Crippen molar-refractivity contribution in [2.45, 2.75) is 18.9 Å². The second kappa shape index (κ2) is 4.93. The van der Waals surface area contributed by atoms with Crippen LogP contribution in [0.5, 0.6) is 0 Å². The molecule has 17 heavy (non-hydrogen) atoms. The molecule has 5 nitrogen and oxygen atoms in total. The Hall–Kier alpha value is -1.93. The highest BCUT2D eigenvalue weighted by molar-refractivity contribution is 5.92. The largest absolute Gasteiger partial charge is 0.391 e. The van der Waals surface area contributed by atoms with E-state index in [2.05, 4.69) is 10.3 Å². The molecular formula is C12H13N3O2. The smallest absolute Gasteiger partial charge is 0.269 e. The molecule has 88 valence electrons. The van der Waals surface area contributed by atoms with Crippen LogP contribution in [0.3, 0.4) is 0 Å². The first-order valence-corrected chi connectivity index (χ1v) is 5.53. The quantitative estimate of drug-likeness (QED) is 0.788. The fraction of sp³-hybridized carbons (Fsp3) is 0.417. The molecule has 1 fully saturated rings. The van der Waals surface area contributed by atoms with Gasteiger partial charge in [0.25, 0.3) is 5.91 Å². The molecule has 1 atom stereocenters. The summed E-state index contributed by atoms with van der Waals surface area (Å²) in [6, 6.07) is 4.97. The summed E-state index contributed by atoms with van der Waals surface area (Å²) in [7, 11) is 0. The highest BCUT2D eigenvalue weighted by Gasteiger charge is 2.29. The van der Waals surface area contributed by atoms with E-state index in [1.807, 2.05) is 6.07 Å². The molecule has 0 spiro atoms. The summed E-state index contributed by atoms with van der Waals surface area (Å²) in [6.07, 6.45) is 2.96. The van der Waals surface area contributed by atoms with Crippen molar-refractivity contribution in [2.75, 3.05) is 6.54 Å². The summed E-state index contributed by atoms with van der Waals surface area (Å²) < 4.78 is 0. The second-order valence-electron chi connectivity index (χ2n) is 4.16. The third-order valence-corrected chi connectivity index (χ3v) is 2.76. The zero-order valence-electron chi connectivity index (χ0n) is 9.26. The molecule has 1 amide bonds. The normalized spacial score (nSPS) is 16.0. The number of amides is 1. The molecule has 1 unspecified atom stereocenters. The van der Waals surface area contributed by atoms with Crippen LogP contribution in [-0.4, -0.2) is 28.6 Å². The molecule has 2 N–H and O–H groups in total. The predicted octanol–water partition coefficient (Wildman–Crippen LogP) is 0.454. The standard InChI is InChI=1S/C12H13N3O2/c13-5-8-1-4-10(14-6-8)12(17)15-7-11(16)9-2-3-9/h1,4,6,9,11,16H,2-3,7H2,(H,15,17). The zero-order chi connectivity index (χ0) is 12.3. The zero-order valence-corrected chi connectivity index (χ0v) is 9.26. The molecule has 2 rings (SSSR count). The van der Waals surface area contributed by atoms with E-state index in [1.54, 1.807) is 6.07 Å². The average Bonchev–Trinajstić information content (AvgIpc) is 3.20. The van der Waals surface area contributed by atoms with Gasteiger partial charge in [0.15, 0.2) is 0 Å². The Kier molecular flexibility index (Phi) is 3.35. The van der Waals surface area contributed by atoms with Crippen molar-refractivity contribution in [3.8, 4) is 6.07 Å². The van der Waals surface area contributed by atoms with Gasteiger partial charge >= 0.3 is 0 Å². The Morgan fingerprint density at radius 3 is 2.94 bits per heavy atom. The number of carbonyl (C=O) groups is 1. The first-order chi connectivity index (χ1) is 8.20. The van der Waals surface area contributed by atoms with Gasteiger partial charge in [-0.15, -0.1) is 0 Å². The van der Waals surface area contributed by atoms with Gasteiger partial charge in [-0.3, -0.25) is 4.79 Å². The number of hydrogen-bond acceptors (Lipinski definition) is 4. The fourth-order valence-corrected chi connectivity index (χ4v) is 1.53. The number of nitrogens with one attached hydrogen (secondary N) is 1. The number of nitrogens with zero attached hydrogens (tertiary/aromatic N) is 2. The summed E-state index contributed by atoms with van der Waals surface area (Å²) in [5.74, 6) is 0.0124. The molecule has 1 aromatic heterocycles. The van der Waals surface area contributed by atoms with Crippen LogP contribution in [0.4, 0.5) is 0 Å². The van der Waals surface area contributed by atoms with Crippen molar-refractivity contribution in [1.29, 1.82) is 5.26 Å². The minimum Gasteiger partial charge on any atom is -0.391 e. The van der Waals surface area contributed by atoms with E-state index in [0.29, 0.717) is 11.5 Å². The lowest BCUT2D eigenvalue weighted by molar-refractivity contribution is 0.0896. The Morgan fingerprint density at radius 2 is 2.41 bits per heavy atom. The molecule has 1 aliphatic rings. The van der Waals surface area contributed by atoms with Gasteiger partial charge in [-0.1, -0.05) is 0 Å². The van der Waals surface area contributed by atoms with E-state index in [1.165, 1.54) is 12.3 Å². The minimum absolute atomic E-state index is 0.255. The molecule has 1 heterocycles. The number of nitriles is 1. The highest BCUT2D eigenvalue weighted by atomic mass is 16.3. The molecule has 1 saturated carbocycles. The molecule has 0 aromatic carbocycles. The SMILES string of the molecule is N#Cc1ccc(C(=O)NCC(O)C2CC2)nc1. The first kappa shape index (κ1) is 11.6. The Bertz CT molecular complexity index is 446. The Labute approximate surface area is 99.1 Å². The lowest BCUT2D eigenvalue weighted by atomic mass is 10.2. The lowest BCUT2D eigenvalue weighted by Gasteiger charge is -2.10. The van der Waals surface area contributed by atoms with Crippen LogP contribution in [-0.2, 0) is 0 Å². The maximum Gasteiger partial charge on any atom is 0.269 e. The minimum atomic E-state index is -0.461. The van der Waals surface area contributed by atoms with Crippen molar-refractivity contribution in [1.82, 2.24) is 10.3 Å². The van der Waals surface area contributed by atoms with Gasteiger partial charge in [-0.05, 0) is 30.9 Å². The van der Waals surface area contributed by atoms with Crippen LogP contribution in [0.25, 0.3) is 0 Å². The summed E-state index contributed by atoms with van der Waals surface area (Å²) in [5, 5.41) is 20.8. The van der Waals surface area contributed by atoms with Gasteiger partial charge < -0.3 is 10.4 Å². The van der Waals surface area contributed by atoms with E-state index in [0.717, 1.165) is 12.8 Å². The fourth-order valence-electron chi connectivity index (χ4n) is 1.53. The number of rotatable bonds is 4. The third-order valence-electron chi connectivity index (χ3n) is 2.76. The van der Waals surface area contributed by atoms with Crippen molar-refractivity contribution in [3.63, 3.8) is 0 Å². The van der Waals surface area contributed by atoms with E-state index >= 15 is 0 Å². The van der Waals surface area contributed by atoms with Gasteiger partial charge in [0.05, 0.1) is 11.7 Å². The predicted molar refractivity (Wildman–Crippen MR) is 60.0 cm³/mol. The van der Waals surface area contributed by atoms with Gasteiger partial charge in [0, 0.05) is 12.7 Å². The topological polar surface area (TPSA) is 86.0 Å². The van der Waals surface area contributed by atoms with E-state index in [4.69, 9.17) is 5.26 Å². The summed E-state index contributed by atoms with van der Waals surface area (Å²) >= 11 is 0. The molecule has 5 heteroatoms. The summed E-state index contributed by atoms with van der Waals surface area (Å²) in [5.41, 5.74) is 0.673. The second-order valence-corrected chi connectivity index (χ2v) is 4.16. The van der Waals surface area contributed by atoms with Crippen LogP contribution >= 0.6 is 0 Å². The van der Waals surface area contributed by atoms with Crippen molar-refractivity contribution >= 4 is 5.91 Å². The Balaban J connectivity index is 1.88. The molecule has 0 bridgehead atoms. The summed E-state index contributed by atoms with van der Waals surface area (Å²) in [4.78, 5) is 15.5. The van der Waals surface area contributed by atoms with E-state index in [9.17, 15) is 9.90 Å². The van der Waals surface area contributed by atoms with Gasteiger partial charge in [-0.25, -0.2) is 4.98 Å². The highest BCUT2D eigenvalue weighted by Crippen LogP contribution is 2.32. The first-order valence-electron chi connectivity index (χ1n) is 5.53. The number of pyridine rings is 1. The van der Waals surface area contributed by atoms with Gasteiger partial charge in [0.2, 0.25) is 0 Å². The maximum absolute atomic E-state index is 11.6. The third kappa shape index (κ3) is 3.02. The van der Waals surface area contributed by atoms with Crippen LogP contribution < -0.4 is 5.32 Å². The van der Waals surface area contributed by atoms with Crippen molar-refractivity contribution in [3.05, 3.63) is 29.6 Å². The van der Waals surface area contributed by atoms with Crippen LogP contribution in [0.1, 0.15) is 28.9 Å². The van der Waals surface area contributed by atoms with Gasteiger partial charge in [-0.2, -0.15) is 5.26 Å². The number of hydrogen-bond donors (Lipinski definition) is 2. The van der Waals surface area contributed by atoms with Crippen LogP contribution in [0.15, 0.2) is 18.3 Å². The lowest BCUT2D eigenvalue weighted by Crippen LogP contribution is -2.33. The van der Waals surface area contributed by atoms with Gasteiger partial charge in [0.1, 0.15) is 11.8 Å². The van der Waals surface area contributed by atoms with Crippen LogP contribution in [0, 0.1) is 17.2 Å². The molecule has 1 aliphatic carbocycles. The van der Waals surface area contributed by atoms with Crippen molar-refractivity contribution in [2.24, 2.45) is 5.92 Å². The molecule has 0 radical (unpaired) electrons. The number of carbonyl (C=O) groups excluding carboxylic acids is 1. The van der Waals surface area contributed by atoms with E-state index < -0.39 is 6.10 Å². The summed E-state index contributed by atoms with van der Waals surface area (Å²) in [6.45, 7) is 0.255. The molecule has 0 saturated heterocycles. The average molecular weight is 231 g/mol. The van der Waals surface area contributed by atoms with Crippen LogP contribution in [0.2, 0.25) is 0 Å². The molecule has 0 aliphatic heterocycles.